The Bertz CT molecular complexity index is 1500. The van der Waals surface area contributed by atoms with Gasteiger partial charge in [-0.25, -0.2) is 0 Å². The van der Waals surface area contributed by atoms with Gasteiger partial charge >= 0.3 is 29.6 Å². The van der Waals surface area contributed by atoms with E-state index < -0.39 is 57.4 Å². The molecular formula is C25H22N5NaO6S. The Balaban J connectivity index is 0.00000336. The molecular weight excluding hydrogens is 521 g/mol. The molecule has 2 fully saturated rings. The van der Waals surface area contributed by atoms with Crippen molar-refractivity contribution in [3.63, 3.8) is 0 Å². The molecule has 190 valence electrons. The number of aromatic nitrogens is 2. The number of carboxylic acids is 1. The molecule has 13 heteroatoms. The van der Waals surface area contributed by atoms with Gasteiger partial charge in [-0.3, -0.25) is 24.2 Å². The number of fused-ring (bicyclic) bond motifs is 2. The predicted molar refractivity (Wildman–Crippen MR) is 132 cm³/mol. The molecule has 3 N–H and O–H groups in total. The van der Waals surface area contributed by atoms with E-state index >= 15 is 0 Å². The van der Waals surface area contributed by atoms with Crippen LogP contribution in [0.25, 0.3) is 11.0 Å². The SMILES string of the molecule is CC1(C)SC2C(NC(=O)C(NC(=O)c3cc(=O)c4ncccc4[nH]3)c3ccccc3)C(=O)N2C1C(=O)[O-].[Na+]. The van der Waals surface area contributed by atoms with Crippen molar-refractivity contribution < 1.29 is 53.8 Å². The molecule has 5 rings (SSSR count). The molecule has 38 heavy (non-hydrogen) atoms. The molecule has 4 atom stereocenters. The fourth-order valence-electron chi connectivity index (χ4n) is 4.72. The van der Waals surface area contributed by atoms with Gasteiger partial charge in [0.05, 0.1) is 17.5 Å². The fraction of sp³-hybridized carbons (Fsp3) is 0.280. The van der Waals surface area contributed by atoms with Crippen molar-refractivity contribution in [2.75, 3.05) is 0 Å². The van der Waals surface area contributed by atoms with E-state index in [1.807, 2.05) is 0 Å². The van der Waals surface area contributed by atoms with Gasteiger partial charge in [-0.1, -0.05) is 30.3 Å². The van der Waals surface area contributed by atoms with Crippen molar-refractivity contribution in [3.8, 4) is 0 Å². The topological polar surface area (TPSA) is 164 Å². The standard InChI is InChI=1S/C25H23N5O6S.Na/c1-25(2)19(24(35)36)30-22(34)18(23(30)37-25)29-21(33)16(12-7-4-3-5-8-12)28-20(32)14-11-15(31)17-13(27-14)9-6-10-26-17;/h3-11,16,18-19,23H,1-2H3,(H,27,31)(H,28,32)(H,29,33)(H,35,36);/q;+1/p-1. The Morgan fingerprint density at radius 2 is 1.84 bits per heavy atom. The third-order valence-electron chi connectivity index (χ3n) is 6.46. The molecule has 0 bridgehead atoms. The van der Waals surface area contributed by atoms with Crippen LogP contribution in [0.1, 0.15) is 35.9 Å². The largest absolute Gasteiger partial charge is 1.00 e. The number of amides is 3. The van der Waals surface area contributed by atoms with Crippen LogP contribution >= 0.6 is 11.8 Å². The van der Waals surface area contributed by atoms with E-state index in [-0.39, 0.29) is 40.8 Å². The summed E-state index contributed by atoms with van der Waals surface area (Å²) in [7, 11) is 0. The van der Waals surface area contributed by atoms with Gasteiger partial charge in [0.15, 0.2) is 0 Å². The van der Waals surface area contributed by atoms with Crippen molar-refractivity contribution in [2.24, 2.45) is 0 Å². The summed E-state index contributed by atoms with van der Waals surface area (Å²) < 4.78 is -0.803. The van der Waals surface area contributed by atoms with E-state index in [4.69, 9.17) is 0 Å². The molecule has 3 aromatic rings. The molecule has 11 nitrogen and oxygen atoms in total. The molecule has 4 heterocycles. The minimum atomic E-state index is -1.35. The quantitative estimate of drug-likeness (QED) is 0.215. The number of carbonyl (C=O) groups is 4. The number of β-lactam (4-membered cyclic amide) rings is 1. The predicted octanol–water partition coefficient (Wildman–Crippen LogP) is -3.30. The molecule has 4 unspecified atom stereocenters. The zero-order valence-electron chi connectivity index (χ0n) is 20.8. The minimum absolute atomic E-state index is 0. The Hall–Kier alpha value is -3.19. The second-order valence-electron chi connectivity index (χ2n) is 9.33. The van der Waals surface area contributed by atoms with Gasteiger partial charge in [-0.05, 0) is 31.5 Å². The first-order valence-corrected chi connectivity index (χ1v) is 12.3. The normalized spacial score (nSPS) is 22.0. The number of carbonyl (C=O) groups excluding carboxylic acids is 4. The van der Waals surface area contributed by atoms with Gasteiger partial charge in [0.1, 0.15) is 28.7 Å². The third kappa shape index (κ3) is 4.84. The van der Waals surface area contributed by atoms with E-state index in [0.717, 1.165) is 6.07 Å². The maximum Gasteiger partial charge on any atom is 1.00 e. The molecule has 2 aliphatic heterocycles. The number of thioether (sulfide) groups is 1. The number of pyridine rings is 2. The zero-order chi connectivity index (χ0) is 26.5. The molecule has 0 aliphatic carbocycles. The average molecular weight is 544 g/mol. The molecule has 0 spiro atoms. The van der Waals surface area contributed by atoms with Crippen LogP contribution in [-0.4, -0.2) is 60.8 Å². The van der Waals surface area contributed by atoms with E-state index in [0.29, 0.717) is 11.1 Å². The first-order valence-electron chi connectivity index (χ1n) is 11.4. The van der Waals surface area contributed by atoms with Crippen LogP contribution in [0.4, 0.5) is 0 Å². The molecule has 0 radical (unpaired) electrons. The van der Waals surface area contributed by atoms with Crippen LogP contribution in [0.15, 0.2) is 59.5 Å². The number of nitrogens with zero attached hydrogens (tertiary/aromatic N) is 2. The molecule has 2 saturated heterocycles. The van der Waals surface area contributed by atoms with Crippen LogP contribution in [0.3, 0.4) is 0 Å². The van der Waals surface area contributed by atoms with E-state index in [2.05, 4.69) is 20.6 Å². The number of H-pyrrole nitrogens is 1. The number of benzene rings is 1. The van der Waals surface area contributed by atoms with Gasteiger partial charge in [0.25, 0.3) is 5.91 Å². The van der Waals surface area contributed by atoms with Crippen molar-refractivity contribution in [1.29, 1.82) is 0 Å². The van der Waals surface area contributed by atoms with Crippen molar-refractivity contribution in [1.82, 2.24) is 25.5 Å². The number of nitrogens with one attached hydrogen (secondary N) is 3. The smallest absolute Gasteiger partial charge is 0.548 e. The summed E-state index contributed by atoms with van der Waals surface area (Å²) in [4.78, 5) is 71.5. The third-order valence-corrected chi connectivity index (χ3v) is 8.03. The summed E-state index contributed by atoms with van der Waals surface area (Å²) in [6, 6.07) is 9.49. The van der Waals surface area contributed by atoms with Crippen LogP contribution in [0.2, 0.25) is 0 Å². The summed E-state index contributed by atoms with van der Waals surface area (Å²) in [5.41, 5.74) is 0.480. The second kappa shape index (κ2) is 10.5. The zero-order valence-corrected chi connectivity index (χ0v) is 23.6. The van der Waals surface area contributed by atoms with E-state index in [9.17, 15) is 29.1 Å². The van der Waals surface area contributed by atoms with Crippen LogP contribution in [0, 0.1) is 0 Å². The summed E-state index contributed by atoms with van der Waals surface area (Å²) in [6.07, 6.45) is 1.47. The van der Waals surface area contributed by atoms with E-state index in [1.165, 1.54) is 22.9 Å². The molecule has 3 amide bonds. The fourth-order valence-corrected chi connectivity index (χ4v) is 6.34. The number of carboxylic acid groups (broad SMARTS) is 1. The van der Waals surface area contributed by atoms with Gasteiger partial charge in [-0.2, -0.15) is 0 Å². The summed E-state index contributed by atoms with van der Waals surface area (Å²) in [6.45, 7) is 3.41. The number of aliphatic carboxylic acids is 1. The molecule has 0 saturated carbocycles. The van der Waals surface area contributed by atoms with Gasteiger partial charge in [0, 0.05) is 17.0 Å². The number of hydrogen-bond donors (Lipinski definition) is 3. The number of hydrogen-bond acceptors (Lipinski definition) is 8. The molecule has 1 aromatic carbocycles. The first kappa shape index (κ1) is 27.8. The summed E-state index contributed by atoms with van der Waals surface area (Å²) >= 11 is 1.27. The Morgan fingerprint density at radius 1 is 1.13 bits per heavy atom. The van der Waals surface area contributed by atoms with Crippen molar-refractivity contribution in [2.45, 2.75) is 42.1 Å². The Labute approximate surface area is 243 Å². The summed E-state index contributed by atoms with van der Waals surface area (Å²) in [5.74, 6) is -3.25. The van der Waals surface area contributed by atoms with Crippen LogP contribution in [-0.2, 0) is 14.4 Å². The number of aromatic amines is 1. The van der Waals surface area contributed by atoms with Gasteiger partial charge in [0.2, 0.25) is 17.2 Å². The first-order chi connectivity index (χ1) is 17.6. The van der Waals surface area contributed by atoms with Crippen molar-refractivity contribution in [3.05, 3.63) is 76.2 Å². The van der Waals surface area contributed by atoms with Crippen LogP contribution in [0.5, 0.6) is 0 Å². The van der Waals surface area contributed by atoms with E-state index in [1.54, 1.807) is 56.3 Å². The molecule has 2 aromatic heterocycles. The average Bonchev–Trinajstić information content (AvgIpc) is 3.13. The second-order valence-corrected chi connectivity index (χ2v) is 11.1. The molecule has 2 aliphatic rings. The summed E-state index contributed by atoms with van der Waals surface area (Å²) in [5, 5.41) is 16.4. The monoisotopic (exact) mass is 543 g/mol. The maximum atomic E-state index is 13.4. The van der Waals surface area contributed by atoms with Gasteiger partial charge in [-0.15, -0.1) is 11.8 Å². The Kier molecular flexibility index (Phi) is 7.71. The number of rotatable bonds is 6. The Morgan fingerprint density at radius 3 is 2.53 bits per heavy atom. The van der Waals surface area contributed by atoms with Crippen LogP contribution < -0.4 is 50.7 Å². The van der Waals surface area contributed by atoms with Crippen molar-refractivity contribution >= 4 is 46.5 Å². The van der Waals surface area contributed by atoms with Gasteiger partial charge < -0.3 is 30.4 Å². The maximum absolute atomic E-state index is 13.4. The minimum Gasteiger partial charge on any atom is -0.548 e.